The lowest BCUT2D eigenvalue weighted by atomic mass is 9.53. The Bertz CT molecular complexity index is 382. The quantitative estimate of drug-likeness (QED) is 0.628. The third kappa shape index (κ3) is 1.83. The SMILES string of the molecule is CC(=O)OCC[C@H]1CC[C@@H]2O[C@@]23CCC[C@@H](O)[C@@]13C. The van der Waals surface area contributed by atoms with Crippen LogP contribution in [-0.2, 0) is 14.3 Å². The number of rotatable bonds is 3. The summed E-state index contributed by atoms with van der Waals surface area (Å²) in [6, 6.07) is 0. The van der Waals surface area contributed by atoms with Crippen LogP contribution in [0, 0.1) is 11.3 Å². The van der Waals surface area contributed by atoms with Gasteiger partial charge in [-0.1, -0.05) is 6.92 Å². The minimum Gasteiger partial charge on any atom is -0.466 e. The molecule has 1 heterocycles. The zero-order valence-electron chi connectivity index (χ0n) is 11.9. The first-order valence-electron chi connectivity index (χ1n) is 7.50. The summed E-state index contributed by atoms with van der Waals surface area (Å²) in [5.41, 5.74) is -0.238. The lowest BCUT2D eigenvalue weighted by Gasteiger charge is -2.51. The highest BCUT2D eigenvalue weighted by Crippen LogP contribution is 2.67. The first-order chi connectivity index (χ1) is 9.00. The van der Waals surface area contributed by atoms with Crippen molar-refractivity contribution in [2.24, 2.45) is 11.3 Å². The Morgan fingerprint density at radius 1 is 1.42 bits per heavy atom. The summed E-state index contributed by atoms with van der Waals surface area (Å²) in [6.45, 7) is 4.09. The van der Waals surface area contributed by atoms with E-state index in [0.717, 1.165) is 38.5 Å². The van der Waals surface area contributed by atoms with Gasteiger partial charge in [0.1, 0.15) is 5.60 Å². The average Bonchev–Trinajstić information content (AvgIpc) is 3.06. The number of carbonyl (C=O) groups is 1. The summed E-state index contributed by atoms with van der Waals surface area (Å²) in [4.78, 5) is 10.9. The number of aliphatic hydroxyl groups excluding tert-OH is 1. The molecule has 1 N–H and O–H groups in total. The molecule has 3 aliphatic rings. The van der Waals surface area contributed by atoms with Crippen molar-refractivity contribution in [3.05, 3.63) is 0 Å². The van der Waals surface area contributed by atoms with Crippen LogP contribution >= 0.6 is 0 Å². The van der Waals surface area contributed by atoms with Crippen LogP contribution in [-0.4, -0.2) is 35.5 Å². The van der Waals surface area contributed by atoms with Crippen LogP contribution in [0.15, 0.2) is 0 Å². The Balaban J connectivity index is 1.74. The molecule has 2 saturated carbocycles. The van der Waals surface area contributed by atoms with Gasteiger partial charge in [0.05, 0.1) is 18.8 Å². The van der Waals surface area contributed by atoms with Crippen LogP contribution in [0.2, 0.25) is 0 Å². The van der Waals surface area contributed by atoms with Crippen molar-refractivity contribution in [3.8, 4) is 0 Å². The molecule has 1 spiro atoms. The maximum atomic E-state index is 10.9. The molecular weight excluding hydrogens is 244 g/mol. The predicted molar refractivity (Wildman–Crippen MR) is 69.5 cm³/mol. The van der Waals surface area contributed by atoms with Gasteiger partial charge in [0, 0.05) is 12.3 Å². The smallest absolute Gasteiger partial charge is 0.302 e. The van der Waals surface area contributed by atoms with Crippen LogP contribution in [0.3, 0.4) is 0 Å². The second-order valence-electron chi connectivity index (χ2n) is 6.59. The van der Waals surface area contributed by atoms with Crippen molar-refractivity contribution >= 4 is 5.97 Å². The third-order valence-electron chi connectivity index (χ3n) is 5.84. The van der Waals surface area contributed by atoms with Crippen LogP contribution in [0.25, 0.3) is 0 Å². The van der Waals surface area contributed by atoms with Crippen molar-refractivity contribution < 1.29 is 19.4 Å². The largest absolute Gasteiger partial charge is 0.466 e. The second kappa shape index (κ2) is 4.45. The van der Waals surface area contributed by atoms with E-state index in [0.29, 0.717) is 18.6 Å². The number of hydrogen-bond donors (Lipinski definition) is 1. The van der Waals surface area contributed by atoms with Crippen LogP contribution < -0.4 is 0 Å². The molecule has 3 fully saturated rings. The van der Waals surface area contributed by atoms with Gasteiger partial charge < -0.3 is 14.6 Å². The van der Waals surface area contributed by atoms with Crippen LogP contribution in [0.5, 0.6) is 0 Å². The Morgan fingerprint density at radius 3 is 2.95 bits per heavy atom. The Hall–Kier alpha value is -0.610. The molecule has 4 heteroatoms. The lowest BCUT2D eigenvalue weighted by molar-refractivity contribution is -0.143. The molecule has 108 valence electrons. The molecule has 0 unspecified atom stereocenters. The number of aliphatic hydroxyl groups is 1. The molecule has 5 atom stereocenters. The average molecular weight is 268 g/mol. The highest BCUT2D eigenvalue weighted by atomic mass is 16.6. The van der Waals surface area contributed by atoms with Crippen molar-refractivity contribution in [2.45, 2.75) is 70.2 Å². The van der Waals surface area contributed by atoms with E-state index in [9.17, 15) is 9.90 Å². The lowest BCUT2D eigenvalue weighted by Crippen LogP contribution is -2.56. The van der Waals surface area contributed by atoms with Gasteiger partial charge in [-0.3, -0.25) is 4.79 Å². The molecule has 19 heavy (non-hydrogen) atoms. The van der Waals surface area contributed by atoms with Gasteiger partial charge in [-0.25, -0.2) is 0 Å². The van der Waals surface area contributed by atoms with Gasteiger partial charge in [-0.2, -0.15) is 0 Å². The Morgan fingerprint density at radius 2 is 2.21 bits per heavy atom. The number of hydrogen-bond acceptors (Lipinski definition) is 4. The van der Waals surface area contributed by atoms with Gasteiger partial charge in [-0.15, -0.1) is 0 Å². The fourth-order valence-electron chi connectivity index (χ4n) is 4.67. The minimum atomic E-state index is -0.283. The highest BCUT2D eigenvalue weighted by Gasteiger charge is 2.73. The van der Waals surface area contributed by atoms with E-state index >= 15 is 0 Å². The standard InChI is InChI=1S/C15H24O4/c1-10(16)18-9-7-11-5-6-13-15(19-13)8-3-4-12(17)14(11,15)2/h11-13,17H,3-9H2,1-2H3/t11-,12-,13+,14-,15+/m1/s1. The van der Waals surface area contributed by atoms with E-state index in [4.69, 9.17) is 9.47 Å². The van der Waals surface area contributed by atoms with Crippen molar-refractivity contribution in [1.29, 1.82) is 0 Å². The summed E-state index contributed by atoms with van der Waals surface area (Å²) < 4.78 is 11.1. The molecule has 0 aromatic carbocycles. The summed E-state index contributed by atoms with van der Waals surface area (Å²) in [7, 11) is 0. The highest BCUT2D eigenvalue weighted by molar-refractivity contribution is 5.65. The molecule has 0 radical (unpaired) electrons. The third-order valence-corrected chi connectivity index (χ3v) is 5.84. The summed E-state index contributed by atoms with van der Waals surface area (Å²) in [5, 5.41) is 10.5. The predicted octanol–water partition coefficient (Wildman–Crippen LogP) is 2.04. The van der Waals surface area contributed by atoms with E-state index in [1.54, 1.807) is 0 Å². The zero-order chi connectivity index (χ0) is 13.7. The topological polar surface area (TPSA) is 59.1 Å². The van der Waals surface area contributed by atoms with Crippen LogP contribution in [0.4, 0.5) is 0 Å². The summed E-state index contributed by atoms with van der Waals surface area (Å²) in [5.74, 6) is 0.168. The van der Waals surface area contributed by atoms with E-state index in [1.807, 2.05) is 0 Å². The van der Waals surface area contributed by atoms with Gasteiger partial charge in [0.25, 0.3) is 0 Å². The minimum absolute atomic E-state index is 0.0796. The zero-order valence-corrected chi connectivity index (χ0v) is 11.9. The van der Waals surface area contributed by atoms with E-state index in [-0.39, 0.29) is 23.1 Å². The molecular formula is C15H24O4. The number of esters is 1. The normalized spacial score (nSPS) is 48.1. The molecule has 1 saturated heterocycles. The Kier molecular flexibility index (Phi) is 3.13. The first-order valence-corrected chi connectivity index (χ1v) is 7.50. The molecule has 0 aromatic heterocycles. The summed E-state index contributed by atoms with van der Waals surface area (Å²) >= 11 is 0. The van der Waals surface area contributed by atoms with Gasteiger partial charge in [0.15, 0.2) is 0 Å². The number of epoxide rings is 1. The fourth-order valence-corrected chi connectivity index (χ4v) is 4.67. The molecule has 0 bridgehead atoms. The molecule has 3 rings (SSSR count). The number of ether oxygens (including phenoxy) is 2. The molecule has 4 nitrogen and oxygen atoms in total. The number of carbonyl (C=O) groups excluding carboxylic acids is 1. The van der Waals surface area contributed by atoms with Crippen molar-refractivity contribution in [2.75, 3.05) is 6.61 Å². The first kappa shape index (κ1) is 13.4. The molecule has 0 aromatic rings. The monoisotopic (exact) mass is 268 g/mol. The Labute approximate surface area is 114 Å². The van der Waals surface area contributed by atoms with Gasteiger partial charge in [0.2, 0.25) is 0 Å². The van der Waals surface area contributed by atoms with E-state index in [2.05, 4.69) is 6.92 Å². The molecule has 2 aliphatic carbocycles. The van der Waals surface area contributed by atoms with E-state index in [1.165, 1.54) is 6.92 Å². The van der Waals surface area contributed by atoms with Crippen molar-refractivity contribution in [3.63, 3.8) is 0 Å². The maximum absolute atomic E-state index is 10.9. The van der Waals surface area contributed by atoms with Gasteiger partial charge >= 0.3 is 5.97 Å². The summed E-state index contributed by atoms with van der Waals surface area (Å²) in [6.07, 6.45) is 6.09. The maximum Gasteiger partial charge on any atom is 0.302 e. The van der Waals surface area contributed by atoms with Gasteiger partial charge in [-0.05, 0) is 44.4 Å². The molecule has 1 aliphatic heterocycles. The molecule has 0 amide bonds. The van der Waals surface area contributed by atoms with E-state index < -0.39 is 0 Å². The second-order valence-corrected chi connectivity index (χ2v) is 6.59. The van der Waals surface area contributed by atoms with Crippen LogP contribution in [0.1, 0.15) is 52.4 Å². The fraction of sp³-hybridized carbons (Fsp3) is 0.933. The van der Waals surface area contributed by atoms with Crippen molar-refractivity contribution in [1.82, 2.24) is 0 Å².